The van der Waals surface area contributed by atoms with Crippen LogP contribution < -0.4 is 0 Å². The van der Waals surface area contributed by atoms with Crippen LogP contribution in [0.2, 0.25) is 0 Å². The molecule has 3 heteroatoms. The van der Waals surface area contributed by atoms with Gasteiger partial charge in [-0.2, -0.15) is 0 Å². The second-order valence-electron chi connectivity index (χ2n) is 12.6. The standard InChI is InChI=1S/C30H40O3/c1-17-18-12-13-21-23(26(18)29(4,5)30(6,27(32)33-7)28(17,2)3)15-14-20-19-10-8-9-11-22(19)25(31)16-24(20)21/h8-11,16-18,20-21,23,26H,12-15H2,1-7H3. The third-order valence-electron chi connectivity index (χ3n) is 11.6. The van der Waals surface area contributed by atoms with Crippen LogP contribution in [0.4, 0.5) is 0 Å². The predicted molar refractivity (Wildman–Crippen MR) is 131 cm³/mol. The Bertz CT molecular complexity index is 1030. The van der Waals surface area contributed by atoms with E-state index in [0.717, 1.165) is 18.4 Å². The molecule has 33 heavy (non-hydrogen) atoms. The number of benzene rings is 1. The number of ether oxygens (including phenoxy) is 1. The number of esters is 1. The highest BCUT2D eigenvalue weighted by atomic mass is 16.5. The van der Waals surface area contributed by atoms with Crippen LogP contribution in [0.3, 0.4) is 0 Å². The van der Waals surface area contributed by atoms with Crippen LogP contribution in [0.1, 0.15) is 89.1 Å². The zero-order valence-electron chi connectivity index (χ0n) is 21.4. The van der Waals surface area contributed by atoms with Gasteiger partial charge in [-0.25, -0.2) is 0 Å². The monoisotopic (exact) mass is 448 g/mol. The van der Waals surface area contributed by atoms with Crippen molar-refractivity contribution in [3.8, 4) is 0 Å². The van der Waals surface area contributed by atoms with Gasteiger partial charge in [0.15, 0.2) is 5.78 Å². The molecule has 1 aromatic carbocycles. The van der Waals surface area contributed by atoms with Crippen LogP contribution in [0, 0.1) is 45.8 Å². The zero-order chi connectivity index (χ0) is 23.9. The van der Waals surface area contributed by atoms with Crippen LogP contribution in [0.15, 0.2) is 35.9 Å². The molecule has 0 saturated heterocycles. The molecule has 5 rings (SSSR count). The Morgan fingerprint density at radius 1 is 0.939 bits per heavy atom. The maximum absolute atomic E-state index is 13.4. The molecule has 0 radical (unpaired) electrons. The lowest BCUT2D eigenvalue weighted by atomic mass is 9.35. The first kappa shape index (κ1) is 22.9. The summed E-state index contributed by atoms with van der Waals surface area (Å²) in [5.41, 5.74) is 2.57. The fourth-order valence-electron chi connectivity index (χ4n) is 9.23. The van der Waals surface area contributed by atoms with Crippen molar-refractivity contribution in [2.24, 2.45) is 45.8 Å². The van der Waals surface area contributed by atoms with E-state index in [0.29, 0.717) is 35.5 Å². The molecule has 0 heterocycles. The molecule has 3 fully saturated rings. The van der Waals surface area contributed by atoms with Gasteiger partial charge in [0, 0.05) is 11.5 Å². The maximum Gasteiger partial charge on any atom is 0.312 e. The molecule has 0 aliphatic heterocycles. The molecule has 4 aliphatic rings. The van der Waals surface area contributed by atoms with Crippen molar-refractivity contribution in [1.29, 1.82) is 0 Å². The van der Waals surface area contributed by atoms with Gasteiger partial charge in [0.1, 0.15) is 0 Å². The van der Waals surface area contributed by atoms with E-state index in [9.17, 15) is 9.59 Å². The number of methoxy groups -OCH3 is 1. The van der Waals surface area contributed by atoms with Crippen molar-refractivity contribution in [3.63, 3.8) is 0 Å². The van der Waals surface area contributed by atoms with E-state index in [2.05, 4.69) is 53.7 Å². The second kappa shape index (κ2) is 7.30. The molecular weight excluding hydrogens is 408 g/mol. The van der Waals surface area contributed by atoms with Crippen LogP contribution in [-0.2, 0) is 9.53 Å². The minimum Gasteiger partial charge on any atom is -0.469 e. The number of allylic oxidation sites excluding steroid dienone is 2. The normalized spacial score (nSPS) is 40.5. The van der Waals surface area contributed by atoms with Crippen LogP contribution >= 0.6 is 0 Å². The fraction of sp³-hybridized carbons (Fsp3) is 0.667. The van der Waals surface area contributed by atoms with E-state index in [-0.39, 0.29) is 22.6 Å². The first-order valence-electron chi connectivity index (χ1n) is 12.9. The largest absolute Gasteiger partial charge is 0.469 e. The molecule has 7 atom stereocenters. The van der Waals surface area contributed by atoms with Gasteiger partial charge in [-0.3, -0.25) is 9.59 Å². The lowest BCUT2D eigenvalue weighted by molar-refractivity contribution is -0.226. The summed E-state index contributed by atoms with van der Waals surface area (Å²) in [6.07, 6.45) is 6.60. The number of ketones is 1. The van der Waals surface area contributed by atoms with E-state index in [1.165, 1.54) is 24.0 Å². The van der Waals surface area contributed by atoms with Gasteiger partial charge in [0.05, 0.1) is 12.5 Å². The van der Waals surface area contributed by atoms with E-state index >= 15 is 0 Å². The molecule has 0 amide bonds. The molecule has 3 saturated carbocycles. The highest BCUT2D eigenvalue weighted by Gasteiger charge is 2.69. The maximum atomic E-state index is 13.4. The molecule has 7 unspecified atom stereocenters. The number of hydrogen-bond donors (Lipinski definition) is 0. The lowest BCUT2D eigenvalue weighted by Gasteiger charge is -2.68. The van der Waals surface area contributed by atoms with Gasteiger partial charge in [-0.05, 0) is 84.7 Å². The SMILES string of the molecule is COC(=O)C1(C)C(C)(C)C(C)C2CCC3C4=CC(=O)c5ccccc5C4CCC3C2C1(C)C. The van der Waals surface area contributed by atoms with E-state index < -0.39 is 5.41 Å². The van der Waals surface area contributed by atoms with Crippen molar-refractivity contribution in [2.75, 3.05) is 7.11 Å². The van der Waals surface area contributed by atoms with Gasteiger partial charge >= 0.3 is 5.97 Å². The number of carbonyl (C=O) groups is 2. The Labute approximate surface area is 199 Å². The highest BCUT2D eigenvalue weighted by Crippen LogP contribution is 2.71. The minimum atomic E-state index is -0.572. The summed E-state index contributed by atoms with van der Waals surface area (Å²) < 4.78 is 5.47. The smallest absolute Gasteiger partial charge is 0.312 e. The summed E-state index contributed by atoms with van der Waals surface area (Å²) in [6, 6.07) is 8.21. The van der Waals surface area contributed by atoms with Gasteiger partial charge in [-0.15, -0.1) is 0 Å². The number of fused-ring (bicyclic) bond motifs is 7. The number of carbonyl (C=O) groups excluding carboxylic acids is 2. The average molecular weight is 449 g/mol. The molecule has 1 aromatic rings. The molecule has 0 N–H and O–H groups in total. The van der Waals surface area contributed by atoms with Crippen molar-refractivity contribution in [1.82, 2.24) is 0 Å². The van der Waals surface area contributed by atoms with Crippen molar-refractivity contribution in [2.45, 2.75) is 73.1 Å². The summed E-state index contributed by atoms with van der Waals surface area (Å²) in [7, 11) is 1.54. The number of rotatable bonds is 1. The average Bonchev–Trinajstić information content (AvgIpc) is 2.80. The van der Waals surface area contributed by atoms with Gasteiger partial charge in [0.25, 0.3) is 0 Å². The Morgan fingerprint density at radius 2 is 1.61 bits per heavy atom. The lowest BCUT2D eigenvalue weighted by Crippen LogP contribution is -2.67. The topological polar surface area (TPSA) is 43.4 Å². The first-order chi connectivity index (χ1) is 15.5. The molecule has 3 nitrogen and oxygen atoms in total. The van der Waals surface area contributed by atoms with Gasteiger partial charge < -0.3 is 4.74 Å². The molecule has 0 bridgehead atoms. The van der Waals surface area contributed by atoms with Crippen molar-refractivity contribution >= 4 is 11.8 Å². The zero-order valence-corrected chi connectivity index (χ0v) is 21.4. The third-order valence-corrected chi connectivity index (χ3v) is 11.6. The summed E-state index contributed by atoms with van der Waals surface area (Å²) in [6.45, 7) is 13.8. The quantitative estimate of drug-likeness (QED) is 0.442. The van der Waals surface area contributed by atoms with E-state index in [4.69, 9.17) is 4.74 Å². The Kier molecular flexibility index (Phi) is 5.06. The predicted octanol–water partition coefficient (Wildman–Crippen LogP) is 6.83. The number of hydrogen-bond acceptors (Lipinski definition) is 3. The molecule has 178 valence electrons. The van der Waals surface area contributed by atoms with E-state index in [1.54, 1.807) is 7.11 Å². The van der Waals surface area contributed by atoms with Gasteiger partial charge in [0.2, 0.25) is 0 Å². The molecule has 4 aliphatic carbocycles. The second-order valence-corrected chi connectivity index (χ2v) is 12.6. The van der Waals surface area contributed by atoms with Crippen LogP contribution in [0.5, 0.6) is 0 Å². The Balaban J connectivity index is 1.59. The van der Waals surface area contributed by atoms with Gasteiger partial charge in [-0.1, -0.05) is 64.5 Å². The highest BCUT2D eigenvalue weighted by molar-refractivity contribution is 6.07. The third kappa shape index (κ3) is 2.74. The first-order valence-corrected chi connectivity index (χ1v) is 12.9. The summed E-state index contributed by atoms with van der Waals surface area (Å²) >= 11 is 0. The van der Waals surface area contributed by atoms with E-state index in [1.807, 2.05) is 18.2 Å². The Morgan fingerprint density at radius 3 is 2.30 bits per heavy atom. The van der Waals surface area contributed by atoms with Crippen molar-refractivity contribution < 1.29 is 14.3 Å². The van der Waals surface area contributed by atoms with Crippen molar-refractivity contribution in [3.05, 3.63) is 47.0 Å². The summed E-state index contributed by atoms with van der Waals surface area (Å²) in [5, 5.41) is 0. The Hall–Kier alpha value is -1.90. The van der Waals surface area contributed by atoms with Crippen LogP contribution in [-0.4, -0.2) is 18.9 Å². The van der Waals surface area contributed by atoms with Crippen LogP contribution in [0.25, 0.3) is 0 Å². The summed E-state index contributed by atoms with van der Waals surface area (Å²) in [5.74, 6) is 2.91. The molecule has 0 aromatic heterocycles. The summed E-state index contributed by atoms with van der Waals surface area (Å²) in [4.78, 5) is 26.5. The molecular formula is C30H40O3. The fourth-order valence-corrected chi connectivity index (χ4v) is 9.23. The minimum absolute atomic E-state index is 0.0698. The molecule has 0 spiro atoms.